The summed E-state index contributed by atoms with van der Waals surface area (Å²) in [5, 5.41) is 0. The predicted molar refractivity (Wildman–Crippen MR) is 55.0 cm³/mol. The van der Waals surface area contributed by atoms with E-state index in [1.54, 1.807) is 11.9 Å². The smallest absolute Gasteiger partial charge is 0.370 e. The van der Waals surface area contributed by atoms with Crippen LogP contribution >= 0.6 is 0 Å². The van der Waals surface area contributed by atoms with Crippen LogP contribution < -0.4 is 5.73 Å². The second-order valence-electron chi connectivity index (χ2n) is 4.79. The minimum Gasteiger partial charge on any atom is -0.370 e. The van der Waals surface area contributed by atoms with E-state index in [-0.39, 0.29) is 25.3 Å². The van der Waals surface area contributed by atoms with Crippen molar-refractivity contribution >= 4 is 5.96 Å². The van der Waals surface area contributed by atoms with E-state index in [0.717, 1.165) is 12.8 Å². The molecule has 0 amide bonds. The van der Waals surface area contributed by atoms with Gasteiger partial charge < -0.3 is 10.6 Å². The van der Waals surface area contributed by atoms with Gasteiger partial charge in [0, 0.05) is 13.1 Å². The van der Waals surface area contributed by atoms with Crippen LogP contribution in [0.2, 0.25) is 0 Å². The lowest BCUT2D eigenvalue weighted by molar-refractivity contribution is -0.183. The third-order valence-corrected chi connectivity index (χ3v) is 3.45. The topological polar surface area (TPSA) is 41.6 Å². The van der Waals surface area contributed by atoms with Crippen molar-refractivity contribution in [3.8, 4) is 0 Å². The molecule has 3 nitrogen and oxygen atoms in total. The maximum atomic E-state index is 12.6. The fourth-order valence-electron chi connectivity index (χ4n) is 1.67. The molecule has 0 radical (unpaired) electrons. The highest BCUT2D eigenvalue weighted by Crippen LogP contribution is 2.57. The summed E-state index contributed by atoms with van der Waals surface area (Å²) >= 11 is 0. The number of nitrogens with two attached hydrogens (primary N) is 1. The highest BCUT2D eigenvalue weighted by Gasteiger charge is 2.63. The molecule has 2 saturated carbocycles. The van der Waals surface area contributed by atoms with Gasteiger partial charge in [0.05, 0.1) is 12.0 Å². The van der Waals surface area contributed by atoms with Crippen LogP contribution in [-0.4, -0.2) is 36.7 Å². The monoisotopic (exact) mass is 235 g/mol. The van der Waals surface area contributed by atoms with Gasteiger partial charge in [0.1, 0.15) is 0 Å². The van der Waals surface area contributed by atoms with Gasteiger partial charge >= 0.3 is 6.18 Å². The molecular formula is C10H16F3N3. The van der Waals surface area contributed by atoms with E-state index in [0.29, 0.717) is 6.04 Å². The fraction of sp³-hybridized carbons (Fsp3) is 0.900. The van der Waals surface area contributed by atoms with Crippen molar-refractivity contribution in [3.05, 3.63) is 0 Å². The first kappa shape index (κ1) is 11.5. The van der Waals surface area contributed by atoms with Crippen molar-refractivity contribution in [1.82, 2.24) is 4.90 Å². The molecule has 2 rings (SSSR count). The van der Waals surface area contributed by atoms with Crippen molar-refractivity contribution in [2.24, 2.45) is 16.1 Å². The molecule has 0 saturated heterocycles. The molecule has 92 valence electrons. The Kier molecular flexibility index (Phi) is 2.55. The number of alkyl halides is 3. The van der Waals surface area contributed by atoms with E-state index >= 15 is 0 Å². The maximum Gasteiger partial charge on any atom is 0.396 e. The number of rotatable bonds is 3. The summed E-state index contributed by atoms with van der Waals surface area (Å²) in [6.07, 6.45) is -1.68. The molecular weight excluding hydrogens is 219 g/mol. The van der Waals surface area contributed by atoms with E-state index in [9.17, 15) is 13.2 Å². The molecule has 0 heterocycles. The van der Waals surface area contributed by atoms with Crippen LogP contribution in [0.5, 0.6) is 0 Å². The van der Waals surface area contributed by atoms with Gasteiger partial charge in [0.25, 0.3) is 0 Å². The lowest BCUT2D eigenvalue weighted by Gasteiger charge is -2.20. The summed E-state index contributed by atoms with van der Waals surface area (Å²) < 4.78 is 37.8. The zero-order chi connectivity index (χ0) is 12.0. The SMILES string of the molecule is CN(C(N)=NCC1(C(F)(F)F)CC1)C1CC1. The van der Waals surface area contributed by atoms with E-state index in [4.69, 9.17) is 5.73 Å². The minimum absolute atomic E-state index is 0.181. The number of aliphatic imine (C=N–C) groups is 1. The summed E-state index contributed by atoms with van der Waals surface area (Å²) in [5.74, 6) is 0.234. The number of guanidine groups is 1. The van der Waals surface area contributed by atoms with Gasteiger partial charge in [-0.15, -0.1) is 0 Å². The van der Waals surface area contributed by atoms with Crippen LogP contribution in [0.4, 0.5) is 13.2 Å². The Hall–Kier alpha value is -0.940. The summed E-state index contributed by atoms with van der Waals surface area (Å²) in [5.41, 5.74) is 4.06. The highest BCUT2D eigenvalue weighted by atomic mass is 19.4. The van der Waals surface area contributed by atoms with Crippen LogP contribution in [-0.2, 0) is 0 Å². The van der Waals surface area contributed by atoms with Crippen LogP contribution in [0.15, 0.2) is 4.99 Å². The molecule has 2 N–H and O–H groups in total. The second kappa shape index (κ2) is 3.53. The zero-order valence-corrected chi connectivity index (χ0v) is 9.22. The van der Waals surface area contributed by atoms with Gasteiger partial charge in [-0.3, -0.25) is 4.99 Å². The second-order valence-corrected chi connectivity index (χ2v) is 4.79. The quantitative estimate of drug-likeness (QED) is 0.598. The number of nitrogens with zero attached hydrogens (tertiary/aromatic N) is 2. The fourth-order valence-corrected chi connectivity index (χ4v) is 1.67. The molecule has 2 aliphatic rings. The number of hydrogen-bond donors (Lipinski definition) is 1. The first-order valence-electron chi connectivity index (χ1n) is 5.45. The average molecular weight is 235 g/mol. The largest absolute Gasteiger partial charge is 0.396 e. The third-order valence-electron chi connectivity index (χ3n) is 3.45. The highest BCUT2D eigenvalue weighted by molar-refractivity contribution is 5.78. The summed E-state index contributed by atoms with van der Waals surface area (Å²) in [4.78, 5) is 5.66. The molecule has 0 aromatic carbocycles. The van der Waals surface area contributed by atoms with Crippen LogP contribution in [0.1, 0.15) is 25.7 Å². The van der Waals surface area contributed by atoms with Crippen molar-refractivity contribution < 1.29 is 13.2 Å². The van der Waals surface area contributed by atoms with Crippen LogP contribution in [0, 0.1) is 5.41 Å². The predicted octanol–water partition coefficient (Wildman–Crippen LogP) is 1.74. The molecule has 0 atom stereocenters. The lowest BCUT2D eigenvalue weighted by Crippen LogP contribution is -2.37. The van der Waals surface area contributed by atoms with Gasteiger partial charge in [-0.1, -0.05) is 0 Å². The summed E-state index contributed by atoms with van der Waals surface area (Å²) in [6.45, 7) is -0.223. The number of halogens is 3. The van der Waals surface area contributed by atoms with Crippen molar-refractivity contribution in [3.63, 3.8) is 0 Å². The first-order valence-corrected chi connectivity index (χ1v) is 5.45. The Morgan fingerprint density at radius 3 is 2.38 bits per heavy atom. The Bertz CT molecular complexity index is 303. The third kappa shape index (κ3) is 2.10. The minimum atomic E-state index is -4.14. The van der Waals surface area contributed by atoms with Crippen molar-refractivity contribution in [2.75, 3.05) is 13.6 Å². The van der Waals surface area contributed by atoms with Gasteiger partial charge in [-0.2, -0.15) is 13.2 Å². The van der Waals surface area contributed by atoms with Gasteiger partial charge in [-0.05, 0) is 25.7 Å². The normalized spacial score (nSPS) is 24.4. The van der Waals surface area contributed by atoms with Crippen LogP contribution in [0.25, 0.3) is 0 Å². The molecule has 0 unspecified atom stereocenters. The molecule has 0 aromatic rings. The first-order chi connectivity index (χ1) is 7.36. The Balaban J connectivity index is 1.93. The molecule has 0 aliphatic heterocycles. The van der Waals surface area contributed by atoms with Crippen molar-refractivity contribution in [1.29, 1.82) is 0 Å². The van der Waals surface area contributed by atoms with E-state index in [1.165, 1.54) is 0 Å². The average Bonchev–Trinajstić information content (AvgIpc) is 3.00. The molecule has 6 heteroatoms. The van der Waals surface area contributed by atoms with E-state index in [1.807, 2.05) is 0 Å². The molecule has 0 spiro atoms. The molecule has 2 aliphatic carbocycles. The standard InChI is InChI=1S/C10H16F3N3/c1-16(7-2-3-7)8(14)15-6-9(4-5-9)10(11,12)13/h7H,2-6H2,1H3,(H2,14,15). The Morgan fingerprint density at radius 1 is 1.44 bits per heavy atom. The van der Waals surface area contributed by atoms with E-state index < -0.39 is 11.6 Å². The van der Waals surface area contributed by atoms with Crippen molar-refractivity contribution in [2.45, 2.75) is 37.9 Å². The molecule has 0 aromatic heterocycles. The maximum absolute atomic E-state index is 12.6. The molecule has 0 bridgehead atoms. The van der Waals surface area contributed by atoms with Gasteiger partial charge in [0.2, 0.25) is 0 Å². The Labute approximate surface area is 92.5 Å². The molecule has 2 fully saturated rings. The number of hydrogen-bond acceptors (Lipinski definition) is 1. The van der Waals surface area contributed by atoms with Gasteiger partial charge in [0.15, 0.2) is 5.96 Å². The van der Waals surface area contributed by atoms with E-state index in [2.05, 4.69) is 4.99 Å². The van der Waals surface area contributed by atoms with Gasteiger partial charge in [-0.25, -0.2) is 0 Å². The summed E-state index contributed by atoms with van der Waals surface area (Å²) in [7, 11) is 1.78. The molecule has 16 heavy (non-hydrogen) atoms. The lowest BCUT2D eigenvalue weighted by atomic mass is 10.1. The zero-order valence-electron chi connectivity index (χ0n) is 9.22. The van der Waals surface area contributed by atoms with Crippen LogP contribution in [0.3, 0.4) is 0 Å². The summed E-state index contributed by atoms with van der Waals surface area (Å²) in [6, 6.07) is 0.379. The Morgan fingerprint density at radius 2 is 2.00 bits per heavy atom.